The summed E-state index contributed by atoms with van der Waals surface area (Å²) in [6.07, 6.45) is 3.27. The number of carbonyl (C=O) groups excluding carboxylic acids is 2. The smallest absolute Gasteiger partial charge is 0.227 e. The van der Waals surface area contributed by atoms with Gasteiger partial charge in [-0.05, 0) is 25.2 Å². The summed E-state index contributed by atoms with van der Waals surface area (Å²) in [5.74, 6) is 1.31. The van der Waals surface area contributed by atoms with Gasteiger partial charge in [-0.3, -0.25) is 14.5 Å². The summed E-state index contributed by atoms with van der Waals surface area (Å²) >= 11 is 0. The van der Waals surface area contributed by atoms with Gasteiger partial charge in [-0.2, -0.15) is 0 Å². The predicted molar refractivity (Wildman–Crippen MR) is 76.1 cm³/mol. The molecular weight excluding hydrogens is 254 g/mol. The minimum absolute atomic E-state index is 0.190. The van der Waals surface area contributed by atoms with Gasteiger partial charge in [0, 0.05) is 52.7 Å². The molecular formula is C15H25N3O2. The van der Waals surface area contributed by atoms with Crippen molar-refractivity contribution in [3.63, 3.8) is 0 Å². The third-order valence-corrected chi connectivity index (χ3v) is 5.42. The van der Waals surface area contributed by atoms with Gasteiger partial charge in [-0.1, -0.05) is 0 Å². The lowest BCUT2D eigenvalue weighted by Crippen LogP contribution is -2.46. The molecule has 3 aliphatic rings. The molecule has 2 amide bonds. The molecule has 3 heterocycles. The van der Waals surface area contributed by atoms with E-state index in [1.807, 2.05) is 16.8 Å². The van der Waals surface area contributed by atoms with E-state index in [0.29, 0.717) is 17.9 Å². The van der Waals surface area contributed by atoms with Gasteiger partial charge in [0.15, 0.2) is 0 Å². The van der Waals surface area contributed by atoms with Crippen LogP contribution in [0.2, 0.25) is 0 Å². The van der Waals surface area contributed by atoms with E-state index in [1.54, 1.807) is 6.92 Å². The van der Waals surface area contributed by atoms with Gasteiger partial charge >= 0.3 is 0 Å². The molecule has 0 aromatic rings. The van der Waals surface area contributed by atoms with Crippen molar-refractivity contribution in [2.45, 2.75) is 32.2 Å². The molecule has 0 saturated carbocycles. The van der Waals surface area contributed by atoms with E-state index in [2.05, 4.69) is 4.90 Å². The maximum atomic E-state index is 12.2. The Hall–Kier alpha value is -1.10. The van der Waals surface area contributed by atoms with E-state index >= 15 is 0 Å². The first kappa shape index (κ1) is 13.9. The van der Waals surface area contributed by atoms with Crippen molar-refractivity contribution in [2.24, 2.45) is 11.8 Å². The zero-order chi connectivity index (χ0) is 14.3. The highest BCUT2D eigenvalue weighted by Gasteiger charge is 2.43. The minimum atomic E-state index is 0.190. The van der Waals surface area contributed by atoms with Gasteiger partial charge in [-0.15, -0.1) is 0 Å². The number of hydrogen-bond acceptors (Lipinski definition) is 3. The molecule has 3 aliphatic heterocycles. The molecule has 5 nitrogen and oxygen atoms in total. The van der Waals surface area contributed by atoms with Gasteiger partial charge < -0.3 is 9.80 Å². The summed E-state index contributed by atoms with van der Waals surface area (Å²) in [5.41, 5.74) is 0. The highest BCUT2D eigenvalue weighted by molar-refractivity contribution is 5.80. The molecule has 3 fully saturated rings. The number of carbonyl (C=O) groups is 2. The van der Waals surface area contributed by atoms with E-state index < -0.39 is 0 Å². The quantitative estimate of drug-likeness (QED) is 0.698. The molecule has 3 rings (SSSR count). The summed E-state index contributed by atoms with van der Waals surface area (Å²) in [7, 11) is 1.92. The molecule has 0 radical (unpaired) electrons. The van der Waals surface area contributed by atoms with Crippen molar-refractivity contribution in [3.8, 4) is 0 Å². The Morgan fingerprint density at radius 3 is 2.45 bits per heavy atom. The Labute approximate surface area is 120 Å². The largest absolute Gasteiger partial charge is 0.345 e. The van der Waals surface area contributed by atoms with E-state index in [-0.39, 0.29) is 11.8 Å². The molecule has 20 heavy (non-hydrogen) atoms. The van der Waals surface area contributed by atoms with Crippen molar-refractivity contribution >= 4 is 11.8 Å². The molecule has 0 bridgehead atoms. The fraction of sp³-hybridized carbons (Fsp3) is 0.867. The number of piperidine rings is 2. The van der Waals surface area contributed by atoms with Crippen LogP contribution in [0.4, 0.5) is 0 Å². The minimum Gasteiger partial charge on any atom is -0.345 e. The summed E-state index contributed by atoms with van der Waals surface area (Å²) in [6, 6.07) is 0.564. The van der Waals surface area contributed by atoms with Gasteiger partial charge in [0.2, 0.25) is 11.8 Å². The number of hydrogen-bond donors (Lipinski definition) is 0. The van der Waals surface area contributed by atoms with Crippen LogP contribution in [0.1, 0.15) is 26.2 Å². The fourth-order valence-electron chi connectivity index (χ4n) is 4.07. The molecule has 0 spiro atoms. The van der Waals surface area contributed by atoms with Gasteiger partial charge in [0.05, 0.1) is 5.92 Å². The molecule has 2 atom stereocenters. The highest BCUT2D eigenvalue weighted by atomic mass is 16.2. The van der Waals surface area contributed by atoms with Crippen molar-refractivity contribution in [1.29, 1.82) is 0 Å². The Bertz CT molecular complexity index is 404. The van der Waals surface area contributed by atoms with Gasteiger partial charge in [-0.25, -0.2) is 0 Å². The predicted octanol–water partition coefficient (Wildman–Crippen LogP) is 0.407. The third kappa shape index (κ3) is 2.43. The zero-order valence-corrected chi connectivity index (χ0v) is 12.5. The van der Waals surface area contributed by atoms with Crippen LogP contribution >= 0.6 is 0 Å². The standard InChI is InChI=1S/C15H25N3O2/c1-11(19)17-7-4-13(5-8-17)18-9-12-3-6-16(2)15(20)14(12)10-18/h12-14H,3-10H2,1-2H3/t12-,14+/m1/s1. The Morgan fingerprint density at radius 2 is 1.80 bits per heavy atom. The average molecular weight is 279 g/mol. The highest BCUT2D eigenvalue weighted by Crippen LogP contribution is 2.34. The summed E-state index contributed by atoms with van der Waals surface area (Å²) in [4.78, 5) is 29.9. The maximum absolute atomic E-state index is 12.2. The molecule has 0 unspecified atom stereocenters. The first-order valence-electron chi connectivity index (χ1n) is 7.81. The van der Waals surface area contributed by atoms with Crippen LogP contribution in [0.15, 0.2) is 0 Å². The second-order valence-corrected chi connectivity index (χ2v) is 6.61. The molecule has 0 aromatic carbocycles. The topological polar surface area (TPSA) is 43.9 Å². The summed E-state index contributed by atoms with van der Waals surface area (Å²) in [6.45, 7) is 6.32. The molecule has 0 N–H and O–H groups in total. The van der Waals surface area contributed by atoms with Crippen molar-refractivity contribution in [3.05, 3.63) is 0 Å². The van der Waals surface area contributed by atoms with Gasteiger partial charge in [0.25, 0.3) is 0 Å². The maximum Gasteiger partial charge on any atom is 0.227 e. The average Bonchev–Trinajstić information content (AvgIpc) is 2.88. The summed E-state index contributed by atoms with van der Waals surface area (Å²) in [5, 5.41) is 0. The molecule has 5 heteroatoms. The van der Waals surface area contributed by atoms with E-state index in [1.165, 1.54) is 0 Å². The molecule has 112 valence electrons. The van der Waals surface area contributed by atoms with Crippen LogP contribution in [0.3, 0.4) is 0 Å². The SMILES string of the molecule is CC(=O)N1CCC(N2C[C@H]3CCN(C)C(=O)[C@H]3C2)CC1. The zero-order valence-electron chi connectivity index (χ0n) is 12.5. The number of nitrogens with zero attached hydrogens (tertiary/aromatic N) is 3. The van der Waals surface area contributed by atoms with E-state index in [9.17, 15) is 9.59 Å². The first-order chi connectivity index (χ1) is 9.56. The lowest BCUT2D eigenvalue weighted by Gasteiger charge is -2.36. The van der Waals surface area contributed by atoms with Crippen LogP contribution in [-0.4, -0.2) is 72.3 Å². The van der Waals surface area contributed by atoms with Crippen LogP contribution in [0.25, 0.3) is 0 Å². The van der Waals surface area contributed by atoms with Crippen LogP contribution < -0.4 is 0 Å². The number of amides is 2. The summed E-state index contributed by atoms with van der Waals surface area (Å²) < 4.78 is 0. The fourth-order valence-corrected chi connectivity index (χ4v) is 4.07. The lowest BCUT2D eigenvalue weighted by molar-refractivity contribution is -0.137. The Morgan fingerprint density at radius 1 is 1.10 bits per heavy atom. The second-order valence-electron chi connectivity index (χ2n) is 6.61. The van der Waals surface area contributed by atoms with Crippen molar-refractivity contribution < 1.29 is 9.59 Å². The van der Waals surface area contributed by atoms with Crippen LogP contribution in [0.5, 0.6) is 0 Å². The Balaban J connectivity index is 1.58. The third-order valence-electron chi connectivity index (χ3n) is 5.42. The van der Waals surface area contributed by atoms with E-state index in [0.717, 1.165) is 52.0 Å². The number of fused-ring (bicyclic) bond motifs is 1. The number of rotatable bonds is 1. The molecule has 0 aromatic heterocycles. The lowest BCUT2D eigenvalue weighted by atomic mass is 9.88. The normalized spacial score (nSPS) is 32.6. The number of likely N-dealkylation sites (tertiary alicyclic amines) is 3. The monoisotopic (exact) mass is 279 g/mol. The first-order valence-corrected chi connectivity index (χ1v) is 7.81. The second kappa shape index (κ2) is 5.35. The van der Waals surface area contributed by atoms with E-state index in [4.69, 9.17) is 0 Å². The Kier molecular flexibility index (Phi) is 3.71. The molecule has 0 aliphatic carbocycles. The van der Waals surface area contributed by atoms with Gasteiger partial charge in [0.1, 0.15) is 0 Å². The van der Waals surface area contributed by atoms with Crippen molar-refractivity contribution in [2.75, 3.05) is 39.8 Å². The van der Waals surface area contributed by atoms with Crippen LogP contribution in [0, 0.1) is 11.8 Å². The van der Waals surface area contributed by atoms with Crippen LogP contribution in [-0.2, 0) is 9.59 Å². The van der Waals surface area contributed by atoms with Crippen molar-refractivity contribution in [1.82, 2.24) is 14.7 Å². The molecule has 3 saturated heterocycles.